The van der Waals surface area contributed by atoms with Gasteiger partial charge in [0.2, 0.25) is 10.0 Å². The molecule has 8 atom stereocenters. The molecule has 0 aliphatic carbocycles. The average molecular weight is 734 g/mol. The Kier molecular flexibility index (Phi) is 9.27. The minimum Gasteiger partial charge on any atom is -0.394 e. The number of benzene rings is 1. The van der Waals surface area contributed by atoms with Gasteiger partial charge in [-0.05, 0) is 24.3 Å². The minimum absolute atomic E-state index is 0.0996. The van der Waals surface area contributed by atoms with Gasteiger partial charge in [-0.1, -0.05) is 11.6 Å². The molecule has 6 heterocycles. The monoisotopic (exact) mass is 733 g/mol. The molecule has 1 aromatic carbocycles. The number of aliphatic hydroxyl groups is 4. The number of nitrogens with zero attached hydrogens (tertiary/aromatic N) is 9. The van der Waals surface area contributed by atoms with Crippen molar-refractivity contribution in [2.45, 2.75) is 54.0 Å². The molecule has 2 fully saturated rings. The van der Waals surface area contributed by atoms with Crippen molar-refractivity contribution >= 4 is 55.6 Å². The quantitative estimate of drug-likeness (QED) is 0.0894. The SMILES string of the molecule is Nc1ncnc2c1ncn2[C@@H]1O[C@H](CN(CCO[C@@H]2[C@H](O)[C@@H](CO)O[C@H]2n2cnc3c(N)ncnc32)S(=O)(=O)c2ccc(Cl)cc2)[C@@H](O)[C@H]1O. The molecule has 22 heteroatoms. The summed E-state index contributed by atoms with van der Waals surface area (Å²) in [6.07, 6.45) is -4.86. The van der Waals surface area contributed by atoms with E-state index in [4.69, 9.17) is 37.3 Å². The lowest BCUT2D eigenvalue weighted by atomic mass is 10.1. The lowest BCUT2D eigenvalue weighted by Crippen LogP contribution is -2.45. The van der Waals surface area contributed by atoms with Gasteiger partial charge in [0.05, 0.1) is 30.8 Å². The molecule has 7 rings (SSSR count). The van der Waals surface area contributed by atoms with Crippen LogP contribution in [0.25, 0.3) is 22.3 Å². The molecule has 5 aromatic rings. The van der Waals surface area contributed by atoms with Crippen LogP contribution >= 0.6 is 11.6 Å². The molecule has 50 heavy (non-hydrogen) atoms. The van der Waals surface area contributed by atoms with Crippen molar-refractivity contribution in [2.75, 3.05) is 37.8 Å². The summed E-state index contributed by atoms with van der Waals surface area (Å²) >= 11 is 6.02. The van der Waals surface area contributed by atoms with Crippen molar-refractivity contribution in [1.82, 2.24) is 43.3 Å². The summed E-state index contributed by atoms with van der Waals surface area (Å²) in [6, 6.07) is 5.48. The molecule has 8 N–H and O–H groups in total. The summed E-state index contributed by atoms with van der Waals surface area (Å²) in [6.45, 7) is -1.58. The number of anilines is 2. The highest BCUT2D eigenvalue weighted by Gasteiger charge is 2.48. The predicted octanol–water partition coefficient (Wildman–Crippen LogP) is -1.57. The second-order valence-electron chi connectivity index (χ2n) is 11.6. The zero-order chi connectivity index (χ0) is 35.3. The molecule has 0 saturated carbocycles. The summed E-state index contributed by atoms with van der Waals surface area (Å²) in [5.74, 6) is 0.219. The third kappa shape index (κ3) is 6.00. The van der Waals surface area contributed by atoms with Crippen LogP contribution in [0.5, 0.6) is 0 Å². The van der Waals surface area contributed by atoms with Gasteiger partial charge in [-0.25, -0.2) is 38.3 Å². The molecule has 2 aliphatic rings. The molecule has 4 aromatic heterocycles. The van der Waals surface area contributed by atoms with Gasteiger partial charge in [-0.15, -0.1) is 0 Å². The fraction of sp³-hybridized carbons (Fsp3) is 0.429. The normalized spacial score (nSPS) is 27.2. The molecular weight excluding hydrogens is 702 g/mol. The predicted molar refractivity (Wildman–Crippen MR) is 172 cm³/mol. The number of aliphatic hydroxyl groups excluding tert-OH is 4. The first-order valence-corrected chi connectivity index (χ1v) is 17.0. The number of hydrogen-bond donors (Lipinski definition) is 6. The summed E-state index contributed by atoms with van der Waals surface area (Å²) < 4.78 is 49.9. The van der Waals surface area contributed by atoms with E-state index < -0.39 is 72.3 Å². The summed E-state index contributed by atoms with van der Waals surface area (Å²) in [5, 5.41) is 43.3. The highest BCUT2D eigenvalue weighted by Crippen LogP contribution is 2.35. The molecule has 0 unspecified atom stereocenters. The van der Waals surface area contributed by atoms with Crippen LogP contribution in [-0.4, -0.2) is 135 Å². The van der Waals surface area contributed by atoms with E-state index in [1.54, 1.807) is 0 Å². The average Bonchev–Trinajstić information content (AvgIpc) is 3.86. The fourth-order valence-electron chi connectivity index (χ4n) is 6.05. The minimum atomic E-state index is -4.29. The second kappa shape index (κ2) is 13.5. The van der Waals surface area contributed by atoms with Crippen molar-refractivity contribution in [1.29, 1.82) is 0 Å². The maximum absolute atomic E-state index is 14.0. The molecule has 266 valence electrons. The number of rotatable bonds is 11. The maximum atomic E-state index is 14.0. The van der Waals surface area contributed by atoms with E-state index in [-0.39, 0.29) is 52.0 Å². The molecule has 0 amide bonds. The standard InChI is InChI=1S/C28H32ClN11O9S/c29-13-1-3-14(4-2-13)50(45,46)38(7-15-19(42)21(44)27(48-15)39-11-36-17-23(30)32-9-34-25(17)39)5-6-47-22-20(43)16(8-41)49-28(22)40-12-37-18-24(31)33-10-35-26(18)40/h1-4,9-12,15-16,19-22,27-28,41-44H,5-8H2,(H2,30,32,34)(H2,31,33,35)/t15-,16-,19-,20-,21-,22-,27-,28-/m1/s1. The molecule has 0 spiro atoms. The Morgan fingerprint density at radius 2 is 1.40 bits per heavy atom. The van der Waals surface area contributed by atoms with Crippen LogP contribution < -0.4 is 11.5 Å². The van der Waals surface area contributed by atoms with E-state index in [0.717, 1.165) is 4.31 Å². The Bertz CT molecular complexity index is 2100. The van der Waals surface area contributed by atoms with Crippen LogP contribution in [0.4, 0.5) is 11.6 Å². The number of halogens is 1. The van der Waals surface area contributed by atoms with E-state index in [2.05, 4.69) is 29.9 Å². The summed E-state index contributed by atoms with van der Waals surface area (Å²) in [5.41, 5.74) is 12.9. The van der Waals surface area contributed by atoms with Crippen molar-refractivity contribution in [3.8, 4) is 0 Å². The zero-order valence-corrected chi connectivity index (χ0v) is 27.4. The Labute approximate surface area is 287 Å². The molecule has 20 nitrogen and oxygen atoms in total. The van der Waals surface area contributed by atoms with Crippen LogP contribution in [0.2, 0.25) is 5.02 Å². The van der Waals surface area contributed by atoms with E-state index >= 15 is 0 Å². The van der Waals surface area contributed by atoms with Gasteiger partial charge < -0.3 is 46.1 Å². The first kappa shape index (κ1) is 34.3. The van der Waals surface area contributed by atoms with Gasteiger partial charge in [0.25, 0.3) is 0 Å². The Balaban J connectivity index is 1.14. The molecular formula is C28H32ClN11O9S. The van der Waals surface area contributed by atoms with Gasteiger partial charge in [0.15, 0.2) is 35.4 Å². The van der Waals surface area contributed by atoms with Crippen molar-refractivity contribution in [2.24, 2.45) is 0 Å². The summed E-state index contributed by atoms with van der Waals surface area (Å²) in [4.78, 5) is 24.5. The molecule has 0 radical (unpaired) electrons. The Morgan fingerprint density at radius 1 is 0.820 bits per heavy atom. The first-order valence-electron chi connectivity index (χ1n) is 15.2. The number of hydrogen-bond acceptors (Lipinski definition) is 17. The molecule has 2 aliphatic heterocycles. The third-order valence-corrected chi connectivity index (χ3v) is 10.8. The number of sulfonamides is 1. The van der Waals surface area contributed by atoms with E-state index in [0.29, 0.717) is 5.02 Å². The smallest absolute Gasteiger partial charge is 0.243 e. The lowest BCUT2D eigenvalue weighted by molar-refractivity contribution is -0.0735. The van der Waals surface area contributed by atoms with Crippen LogP contribution in [-0.2, 0) is 24.2 Å². The van der Waals surface area contributed by atoms with Crippen LogP contribution in [0.1, 0.15) is 12.5 Å². The number of fused-ring (bicyclic) bond motifs is 2. The molecule has 0 bridgehead atoms. The fourth-order valence-corrected chi connectivity index (χ4v) is 7.61. The van der Waals surface area contributed by atoms with Crippen LogP contribution in [0, 0.1) is 0 Å². The van der Waals surface area contributed by atoms with Crippen molar-refractivity contribution < 1.29 is 43.1 Å². The largest absolute Gasteiger partial charge is 0.394 e. The first-order chi connectivity index (χ1) is 24.0. The highest BCUT2D eigenvalue weighted by atomic mass is 35.5. The maximum Gasteiger partial charge on any atom is 0.243 e. The highest BCUT2D eigenvalue weighted by molar-refractivity contribution is 7.89. The molecule has 2 saturated heterocycles. The lowest BCUT2D eigenvalue weighted by Gasteiger charge is -2.28. The van der Waals surface area contributed by atoms with Gasteiger partial charge in [0, 0.05) is 18.1 Å². The number of nitrogens with two attached hydrogens (primary N) is 2. The van der Waals surface area contributed by atoms with Crippen molar-refractivity contribution in [3.05, 3.63) is 54.6 Å². The van der Waals surface area contributed by atoms with E-state index in [1.807, 2.05) is 0 Å². The topological polar surface area (TPSA) is 285 Å². The zero-order valence-electron chi connectivity index (χ0n) is 25.9. The van der Waals surface area contributed by atoms with Crippen LogP contribution in [0.15, 0.2) is 54.5 Å². The van der Waals surface area contributed by atoms with E-state index in [9.17, 15) is 28.8 Å². The Hall–Kier alpha value is -4.16. The number of aromatic nitrogens is 8. The third-order valence-electron chi connectivity index (χ3n) is 8.64. The summed E-state index contributed by atoms with van der Waals surface area (Å²) in [7, 11) is -4.29. The van der Waals surface area contributed by atoms with E-state index in [1.165, 1.54) is 58.7 Å². The van der Waals surface area contributed by atoms with Crippen molar-refractivity contribution in [3.63, 3.8) is 0 Å². The second-order valence-corrected chi connectivity index (χ2v) is 14.0. The van der Waals surface area contributed by atoms with Crippen LogP contribution in [0.3, 0.4) is 0 Å². The van der Waals surface area contributed by atoms with Gasteiger partial charge in [0.1, 0.15) is 60.3 Å². The number of nitrogen functional groups attached to an aromatic ring is 2. The number of imidazole rings is 2. The van der Waals surface area contributed by atoms with Gasteiger partial charge >= 0.3 is 0 Å². The van der Waals surface area contributed by atoms with Gasteiger partial charge in [-0.2, -0.15) is 4.31 Å². The Morgan fingerprint density at radius 3 is 2.00 bits per heavy atom. The number of ether oxygens (including phenoxy) is 3. The van der Waals surface area contributed by atoms with Gasteiger partial charge in [-0.3, -0.25) is 9.13 Å².